The molecule has 0 saturated heterocycles. The van der Waals surface area contributed by atoms with Crippen LogP contribution in [0.3, 0.4) is 0 Å². The van der Waals surface area contributed by atoms with E-state index in [1.54, 1.807) is 32.0 Å². The first-order valence-electron chi connectivity index (χ1n) is 12.8. The van der Waals surface area contributed by atoms with Crippen molar-refractivity contribution in [3.63, 3.8) is 0 Å². The number of alkyl halides is 3. The highest BCUT2D eigenvalue weighted by Gasteiger charge is 2.39. The first-order valence-corrected chi connectivity index (χ1v) is 17.0. The van der Waals surface area contributed by atoms with Crippen LogP contribution < -0.4 is 14.1 Å². The van der Waals surface area contributed by atoms with Crippen molar-refractivity contribution < 1.29 is 34.3 Å². The van der Waals surface area contributed by atoms with Crippen molar-refractivity contribution in [1.29, 1.82) is 0 Å². The third-order valence-electron chi connectivity index (χ3n) is 6.56. The maximum atomic E-state index is 14.0. The van der Waals surface area contributed by atoms with Crippen molar-refractivity contribution in [3.8, 4) is 0 Å². The van der Waals surface area contributed by atoms with Gasteiger partial charge >= 0.3 is 6.18 Å². The second-order valence-electron chi connectivity index (χ2n) is 9.82. The molecule has 1 atom stereocenters. The lowest BCUT2D eigenvalue weighted by molar-refractivity contribution is -0.117. The number of halogens is 3. The van der Waals surface area contributed by atoms with Crippen LogP contribution in [0.1, 0.15) is 11.1 Å². The van der Waals surface area contributed by atoms with Crippen molar-refractivity contribution in [2.75, 3.05) is 21.7 Å². The fourth-order valence-electron chi connectivity index (χ4n) is 4.42. The Labute approximate surface area is 255 Å². The van der Waals surface area contributed by atoms with Gasteiger partial charge in [0.2, 0.25) is 0 Å². The molecule has 1 aliphatic heterocycles. The zero-order valence-electron chi connectivity index (χ0n) is 23.3. The lowest BCUT2D eigenvalue weighted by atomic mass is 10.1. The third kappa shape index (κ3) is 6.43. The van der Waals surface area contributed by atoms with Crippen LogP contribution >= 0.6 is 11.0 Å². The number of amidine groups is 1. The first-order chi connectivity index (χ1) is 20.7. The number of rotatable bonds is 9. The summed E-state index contributed by atoms with van der Waals surface area (Å²) in [6.07, 6.45) is -3.99. The molecule has 1 unspecified atom stereocenters. The number of fused-ring (bicyclic) bond motifs is 1. The van der Waals surface area contributed by atoms with Gasteiger partial charge in [0, 0.05) is 10.8 Å². The highest BCUT2D eigenvalue weighted by molar-refractivity contribution is 8.09. The van der Waals surface area contributed by atoms with Crippen molar-refractivity contribution in [2.45, 2.75) is 29.8 Å². The normalized spacial score (nSPS) is 15.6. The molecule has 10 nitrogen and oxygen atoms in total. The van der Waals surface area contributed by atoms with E-state index in [9.17, 15) is 30.0 Å². The van der Waals surface area contributed by atoms with Crippen molar-refractivity contribution in [2.24, 2.45) is 4.40 Å². The fraction of sp³-hybridized carbons (Fsp3) is 0.179. The molecule has 1 aliphatic rings. The summed E-state index contributed by atoms with van der Waals surface area (Å²) in [6.45, 7) is 1.28. The van der Waals surface area contributed by atoms with E-state index < -0.39 is 43.7 Å². The van der Waals surface area contributed by atoms with E-state index in [-0.39, 0.29) is 48.8 Å². The van der Waals surface area contributed by atoms with E-state index in [1.807, 2.05) is 0 Å². The smallest absolute Gasteiger partial charge is 0.255 e. The van der Waals surface area contributed by atoms with Gasteiger partial charge in [-0.25, -0.2) is 31.6 Å². The Hall–Kier alpha value is -3.99. The number of hydrogen-bond acceptors (Lipinski definition) is 8. The SMILES string of the molecule is C=S1N=C(CN(c2ncc(N(CC(F)(F)F)S(=O)(=O)c3ccc(C)cc3)c3ccccc23)S(=O)(=O)c2ccc(C)cc2)NO1. The molecular formula is C28H26F3N5O5S3. The quantitative estimate of drug-likeness (QED) is 0.242. The van der Waals surface area contributed by atoms with E-state index in [4.69, 9.17) is 4.28 Å². The fourth-order valence-corrected chi connectivity index (χ4v) is 7.85. The minimum Gasteiger partial charge on any atom is -0.255 e. The number of aryl methyl sites for hydroxylation is 2. The van der Waals surface area contributed by atoms with Crippen LogP contribution in [0.4, 0.5) is 24.7 Å². The van der Waals surface area contributed by atoms with Crippen molar-refractivity contribution >= 4 is 65.0 Å². The molecule has 3 aromatic carbocycles. The zero-order valence-corrected chi connectivity index (χ0v) is 25.8. The molecule has 4 aromatic rings. The van der Waals surface area contributed by atoms with Gasteiger partial charge < -0.3 is 0 Å². The summed E-state index contributed by atoms with van der Waals surface area (Å²) in [6, 6.07) is 17.4. The minimum atomic E-state index is -4.92. The lowest BCUT2D eigenvalue weighted by Gasteiger charge is -2.29. The minimum absolute atomic E-state index is 0.0241. The number of anilines is 2. The van der Waals surface area contributed by atoms with Crippen LogP contribution in [0.2, 0.25) is 0 Å². The summed E-state index contributed by atoms with van der Waals surface area (Å²) < 4.78 is 108. The van der Waals surface area contributed by atoms with Crippen molar-refractivity contribution in [1.82, 2.24) is 10.5 Å². The van der Waals surface area contributed by atoms with Crippen LogP contribution in [0.5, 0.6) is 0 Å². The van der Waals surface area contributed by atoms with Gasteiger partial charge in [-0.2, -0.15) is 21.9 Å². The number of benzene rings is 3. The predicted octanol–water partition coefficient (Wildman–Crippen LogP) is 5.27. The maximum absolute atomic E-state index is 14.0. The summed E-state index contributed by atoms with van der Waals surface area (Å²) >= 11 is 0. The van der Waals surface area contributed by atoms with Gasteiger partial charge in [0.25, 0.3) is 20.0 Å². The Bertz CT molecular complexity index is 1980. The molecule has 0 aliphatic carbocycles. The molecule has 2 heterocycles. The number of nitrogens with one attached hydrogen (secondary N) is 1. The topological polar surface area (TPSA) is 121 Å². The predicted molar refractivity (Wildman–Crippen MR) is 166 cm³/mol. The summed E-state index contributed by atoms with van der Waals surface area (Å²) in [7, 11) is -10.2. The first kappa shape index (κ1) is 31.4. The van der Waals surface area contributed by atoms with Crippen LogP contribution in [-0.4, -0.2) is 52.8 Å². The third-order valence-corrected chi connectivity index (χ3v) is 10.8. The summed E-state index contributed by atoms with van der Waals surface area (Å²) in [4.78, 5) is 3.86. The van der Waals surface area contributed by atoms with Gasteiger partial charge in [-0.1, -0.05) is 59.7 Å². The largest absolute Gasteiger partial charge is 0.407 e. The number of hydrogen-bond donors (Lipinski definition) is 1. The number of hydroxylamine groups is 1. The number of pyridine rings is 1. The molecule has 0 radical (unpaired) electrons. The number of aromatic nitrogens is 1. The van der Waals surface area contributed by atoms with Crippen LogP contribution in [0.15, 0.2) is 93.2 Å². The molecule has 1 aromatic heterocycles. The second kappa shape index (κ2) is 11.8. The Morgan fingerprint density at radius 1 is 0.841 bits per heavy atom. The van der Waals surface area contributed by atoms with Gasteiger partial charge in [0.1, 0.15) is 6.54 Å². The van der Waals surface area contributed by atoms with Crippen LogP contribution in [-0.2, 0) is 24.3 Å². The molecule has 0 spiro atoms. The Balaban J connectivity index is 1.72. The van der Waals surface area contributed by atoms with Crippen molar-refractivity contribution in [3.05, 3.63) is 90.1 Å². The standard InChI is InChI=1S/C28H26F3N5O5S3/c1-19-8-12-21(13-9-19)43(37,38)35(17-26-33-41-42(3)34-26)27-24-7-5-4-6-23(24)25(16-32-27)36(18-28(29,30)31)44(39,40)22-14-10-20(2)11-15-22/h4-16H,3,17-18H2,1-2H3,(H,33,34). The van der Waals surface area contributed by atoms with Gasteiger partial charge in [0.05, 0.1) is 39.2 Å². The molecule has 232 valence electrons. The molecule has 5 rings (SSSR count). The highest BCUT2D eigenvalue weighted by atomic mass is 32.2. The van der Waals surface area contributed by atoms with Gasteiger partial charge in [0.15, 0.2) is 11.7 Å². The molecule has 0 bridgehead atoms. The number of sulfonamides is 2. The Morgan fingerprint density at radius 2 is 1.36 bits per heavy atom. The second-order valence-corrected chi connectivity index (χ2v) is 14.5. The van der Waals surface area contributed by atoms with E-state index in [0.29, 0.717) is 0 Å². The Morgan fingerprint density at radius 3 is 1.86 bits per heavy atom. The average molecular weight is 666 g/mol. The molecule has 1 N–H and O–H groups in total. The maximum Gasteiger partial charge on any atom is 0.407 e. The van der Waals surface area contributed by atoms with Gasteiger partial charge in [-0.3, -0.25) is 4.31 Å². The molecule has 16 heteroatoms. The molecule has 0 amide bonds. The highest BCUT2D eigenvalue weighted by Crippen LogP contribution is 2.38. The zero-order chi connectivity index (χ0) is 31.9. The Kier molecular flexibility index (Phi) is 8.45. The van der Waals surface area contributed by atoms with E-state index in [0.717, 1.165) is 21.6 Å². The molecule has 44 heavy (non-hydrogen) atoms. The monoisotopic (exact) mass is 665 g/mol. The van der Waals surface area contributed by atoms with E-state index in [1.165, 1.54) is 54.6 Å². The van der Waals surface area contributed by atoms with Crippen LogP contribution in [0.25, 0.3) is 10.8 Å². The van der Waals surface area contributed by atoms with E-state index in [2.05, 4.69) is 20.7 Å². The van der Waals surface area contributed by atoms with E-state index >= 15 is 0 Å². The summed E-state index contributed by atoms with van der Waals surface area (Å²) in [5.41, 5.74) is 3.69. The molecule has 0 fully saturated rings. The van der Waals surface area contributed by atoms with Gasteiger partial charge in [-0.15, -0.1) is 0 Å². The van der Waals surface area contributed by atoms with Crippen LogP contribution in [0, 0.1) is 13.8 Å². The average Bonchev–Trinajstić information content (AvgIpc) is 3.39. The lowest BCUT2D eigenvalue weighted by Crippen LogP contribution is -2.40. The molecular weight excluding hydrogens is 640 g/mol. The number of nitrogens with zero attached hydrogens (tertiary/aromatic N) is 4. The summed E-state index contributed by atoms with van der Waals surface area (Å²) in [5, 5.41) is 0.108. The molecule has 0 saturated carbocycles. The summed E-state index contributed by atoms with van der Waals surface area (Å²) in [5.74, 6) is 3.64. The van der Waals surface area contributed by atoms with Gasteiger partial charge in [-0.05, 0) is 44.0 Å².